The van der Waals surface area contributed by atoms with Gasteiger partial charge in [-0.15, -0.1) is 0 Å². The van der Waals surface area contributed by atoms with Gasteiger partial charge in [-0.1, -0.05) is 0 Å². The van der Waals surface area contributed by atoms with Gasteiger partial charge in [0.1, 0.15) is 0 Å². The van der Waals surface area contributed by atoms with Crippen molar-refractivity contribution in [3.63, 3.8) is 0 Å². The van der Waals surface area contributed by atoms with Crippen molar-refractivity contribution in [2.75, 3.05) is 6.54 Å². The minimum Gasteiger partial charge on any atom is -0.332 e. The van der Waals surface area contributed by atoms with Gasteiger partial charge in [-0.05, 0) is 36.6 Å². The molecule has 5 heteroatoms. The van der Waals surface area contributed by atoms with Gasteiger partial charge in [-0.2, -0.15) is 0 Å². The van der Waals surface area contributed by atoms with Crippen LogP contribution in [0, 0.1) is 0 Å². The van der Waals surface area contributed by atoms with E-state index in [-0.39, 0.29) is 17.5 Å². The highest BCUT2D eigenvalue weighted by Gasteiger charge is 2.30. The maximum atomic E-state index is 12.5. The highest BCUT2D eigenvalue weighted by Crippen LogP contribution is 2.32. The van der Waals surface area contributed by atoms with Crippen LogP contribution in [0.2, 0.25) is 0 Å². The average Bonchev–Trinajstić information content (AvgIpc) is 2.97. The second-order valence-corrected chi connectivity index (χ2v) is 4.88. The maximum absolute atomic E-state index is 12.5. The van der Waals surface area contributed by atoms with E-state index >= 15 is 0 Å². The van der Waals surface area contributed by atoms with Crippen LogP contribution in [0.5, 0.6) is 0 Å². The Balaban J connectivity index is 1.87. The summed E-state index contributed by atoms with van der Waals surface area (Å²) in [6, 6.07) is 6.94. The lowest BCUT2D eigenvalue weighted by molar-refractivity contribution is 0.0735. The first-order chi connectivity index (χ1) is 9.75. The number of hydrogen-bond donors (Lipinski definition) is 1. The van der Waals surface area contributed by atoms with Crippen LogP contribution in [0.25, 0.3) is 0 Å². The second-order valence-electron chi connectivity index (χ2n) is 4.88. The van der Waals surface area contributed by atoms with Gasteiger partial charge in [0.25, 0.3) is 5.91 Å². The molecule has 1 fully saturated rings. The van der Waals surface area contributed by atoms with Crippen LogP contribution in [-0.4, -0.2) is 27.3 Å². The topological polar surface area (TPSA) is 66.1 Å². The largest absolute Gasteiger partial charge is 0.332 e. The summed E-state index contributed by atoms with van der Waals surface area (Å²) in [4.78, 5) is 32.0. The number of nitrogens with one attached hydrogen (secondary N) is 1. The summed E-state index contributed by atoms with van der Waals surface area (Å²) >= 11 is 0. The second kappa shape index (κ2) is 5.28. The molecule has 0 aliphatic carbocycles. The molecular weight excluding hydrogens is 254 g/mol. The summed E-state index contributed by atoms with van der Waals surface area (Å²) < 4.78 is 0. The van der Waals surface area contributed by atoms with Crippen LogP contribution in [0.4, 0.5) is 0 Å². The van der Waals surface area contributed by atoms with Gasteiger partial charge >= 0.3 is 0 Å². The molecule has 1 amide bonds. The third-order valence-corrected chi connectivity index (χ3v) is 3.64. The van der Waals surface area contributed by atoms with Gasteiger partial charge in [0.15, 0.2) is 0 Å². The molecule has 1 unspecified atom stereocenters. The first kappa shape index (κ1) is 12.6. The van der Waals surface area contributed by atoms with E-state index in [0.717, 1.165) is 24.9 Å². The Morgan fingerprint density at radius 2 is 2.05 bits per heavy atom. The van der Waals surface area contributed by atoms with E-state index < -0.39 is 0 Å². The number of nitrogens with zero attached hydrogens (tertiary/aromatic N) is 2. The van der Waals surface area contributed by atoms with E-state index in [0.29, 0.717) is 5.56 Å². The van der Waals surface area contributed by atoms with E-state index in [9.17, 15) is 9.59 Å². The lowest BCUT2D eigenvalue weighted by Gasteiger charge is -2.25. The molecule has 1 atom stereocenters. The molecule has 0 aromatic carbocycles. The lowest BCUT2D eigenvalue weighted by Crippen LogP contribution is -2.31. The fraction of sp³-hybridized carbons (Fsp3) is 0.267. The van der Waals surface area contributed by atoms with Gasteiger partial charge in [0.2, 0.25) is 5.56 Å². The van der Waals surface area contributed by atoms with Crippen LogP contribution < -0.4 is 5.56 Å². The number of pyridine rings is 2. The minimum absolute atomic E-state index is 0.0411. The van der Waals surface area contributed by atoms with E-state index in [1.807, 2.05) is 17.0 Å². The van der Waals surface area contributed by atoms with Crippen molar-refractivity contribution in [3.05, 3.63) is 64.3 Å². The highest BCUT2D eigenvalue weighted by molar-refractivity contribution is 5.94. The number of H-pyrrole nitrogens is 1. The zero-order chi connectivity index (χ0) is 13.9. The van der Waals surface area contributed by atoms with Crippen LogP contribution >= 0.6 is 0 Å². The van der Waals surface area contributed by atoms with Crippen LogP contribution in [0.1, 0.15) is 34.8 Å². The first-order valence-corrected chi connectivity index (χ1v) is 6.65. The quantitative estimate of drug-likeness (QED) is 0.903. The maximum Gasteiger partial charge on any atom is 0.255 e. The summed E-state index contributed by atoms with van der Waals surface area (Å²) in [6.45, 7) is 0.741. The number of aromatic nitrogens is 2. The molecule has 0 spiro atoms. The number of carbonyl (C=O) groups excluding carboxylic acids is 1. The van der Waals surface area contributed by atoms with E-state index in [1.165, 1.54) is 12.3 Å². The number of hydrogen-bond acceptors (Lipinski definition) is 3. The molecule has 20 heavy (non-hydrogen) atoms. The molecule has 1 saturated heterocycles. The van der Waals surface area contributed by atoms with E-state index in [4.69, 9.17) is 0 Å². The molecular formula is C15H15N3O2. The smallest absolute Gasteiger partial charge is 0.255 e. The molecule has 3 heterocycles. The fourth-order valence-corrected chi connectivity index (χ4v) is 2.65. The molecule has 2 aromatic heterocycles. The summed E-state index contributed by atoms with van der Waals surface area (Å²) in [5, 5.41) is 0. The predicted octanol–water partition coefficient (Wildman–Crippen LogP) is 1.75. The monoisotopic (exact) mass is 269 g/mol. The molecule has 1 aliphatic heterocycles. The number of aromatic amines is 1. The first-order valence-electron chi connectivity index (χ1n) is 6.65. The van der Waals surface area contributed by atoms with Crippen molar-refractivity contribution >= 4 is 5.91 Å². The lowest BCUT2D eigenvalue weighted by atomic mass is 10.1. The Morgan fingerprint density at radius 3 is 2.75 bits per heavy atom. The number of likely N-dealkylation sites (tertiary alicyclic amines) is 1. The molecule has 0 radical (unpaired) electrons. The van der Waals surface area contributed by atoms with Gasteiger partial charge in [-0.25, -0.2) is 0 Å². The predicted molar refractivity (Wildman–Crippen MR) is 74.3 cm³/mol. The minimum atomic E-state index is -0.200. The molecule has 0 bridgehead atoms. The summed E-state index contributed by atoms with van der Waals surface area (Å²) in [6.07, 6.45) is 6.92. The summed E-state index contributed by atoms with van der Waals surface area (Å²) in [5.74, 6) is -0.0411. The van der Waals surface area contributed by atoms with Crippen molar-refractivity contribution in [3.8, 4) is 0 Å². The van der Waals surface area contributed by atoms with E-state index in [2.05, 4.69) is 9.97 Å². The Labute approximate surface area is 116 Å². The summed E-state index contributed by atoms with van der Waals surface area (Å²) in [7, 11) is 0. The SMILES string of the molecule is O=C(c1ccc(=O)[nH]c1)N1CCCC1c1ccncc1. The normalized spacial score (nSPS) is 18.2. The Hall–Kier alpha value is -2.43. The molecule has 5 nitrogen and oxygen atoms in total. The Morgan fingerprint density at radius 1 is 1.25 bits per heavy atom. The number of rotatable bonds is 2. The number of amides is 1. The van der Waals surface area contributed by atoms with Gasteiger partial charge in [-0.3, -0.25) is 14.6 Å². The van der Waals surface area contributed by atoms with E-state index in [1.54, 1.807) is 18.5 Å². The average molecular weight is 269 g/mol. The molecule has 1 N–H and O–H groups in total. The molecule has 1 aliphatic rings. The van der Waals surface area contributed by atoms with Crippen molar-refractivity contribution in [1.82, 2.24) is 14.9 Å². The van der Waals surface area contributed by atoms with Gasteiger partial charge < -0.3 is 9.88 Å². The number of carbonyl (C=O) groups is 1. The van der Waals surface area contributed by atoms with Crippen molar-refractivity contribution in [2.24, 2.45) is 0 Å². The summed E-state index contributed by atoms with van der Waals surface area (Å²) in [5.41, 5.74) is 1.43. The molecule has 2 aromatic rings. The molecule has 102 valence electrons. The van der Waals surface area contributed by atoms with Crippen LogP contribution in [0.15, 0.2) is 47.7 Å². The van der Waals surface area contributed by atoms with Gasteiger partial charge in [0.05, 0.1) is 11.6 Å². The Bertz CT molecular complexity index is 646. The molecule has 0 saturated carbocycles. The van der Waals surface area contributed by atoms with Crippen molar-refractivity contribution in [1.29, 1.82) is 0 Å². The van der Waals surface area contributed by atoms with Crippen molar-refractivity contribution in [2.45, 2.75) is 18.9 Å². The molecule has 3 rings (SSSR count). The Kier molecular flexibility index (Phi) is 3.33. The zero-order valence-electron chi connectivity index (χ0n) is 11.0. The van der Waals surface area contributed by atoms with Gasteiger partial charge in [0, 0.05) is 31.2 Å². The third kappa shape index (κ3) is 2.34. The fourth-order valence-electron chi connectivity index (χ4n) is 2.65. The van der Waals surface area contributed by atoms with Crippen molar-refractivity contribution < 1.29 is 4.79 Å². The zero-order valence-corrected chi connectivity index (χ0v) is 11.0. The standard InChI is InChI=1S/C15H15N3O2/c19-14-4-3-12(10-17-14)15(20)18-9-1-2-13(18)11-5-7-16-8-6-11/h3-8,10,13H,1-2,9H2,(H,17,19). The van der Waals surface area contributed by atoms with Crippen LogP contribution in [0.3, 0.4) is 0 Å². The van der Waals surface area contributed by atoms with Crippen LogP contribution in [-0.2, 0) is 0 Å². The third-order valence-electron chi connectivity index (χ3n) is 3.64. The highest BCUT2D eigenvalue weighted by atomic mass is 16.2.